The van der Waals surface area contributed by atoms with E-state index in [1.807, 2.05) is 6.92 Å². The number of carboxylic acid groups (broad SMARTS) is 1. The van der Waals surface area contributed by atoms with Gasteiger partial charge in [0.05, 0.1) is 12.5 Å². The molecule has 4 nitrogen and oxygen atoms in total. The number of hydrogen-bond donors (Lipinski definition) is 1. The number of aliphatic carboxylic acids is 1. The highest BCUT2D eigenvalue weighted by Gasteiger charge is 2.25. The SMILES string of the molecule is CC1CCC(c2ncc(CC(=O)O)s2)O1. The van der Waals surface area contributed by atoms with Crippen LogP contribution in [0.15, 0.2) is 6.20 Å². The zero-order valence-corrected chi connectivity index (χ0v) is 9.29. The first-order valence-electron chi connectivity index (χ1n) is 4.97. The molecule has 0 aromatic carbocycles. The first-order chi connectivity index (χ1) is 7.15. The Labute approximate surface area is 91.9 Å². The van der Waals surface area contributed by atoms with Crippen LogP contribution in [-0.4, -0.2) is 22.2 Å². The molecule has 2 unspecified atom stereocenters. The first-order valence-corrected chi connectivity index (χ1v) is 5.78. The Morgan fingerprint density at radius 1 is 1.73 bits per heavy atom. The Morgan fingerprint density at radius 2 is 2.53 bits per heavy atom. The van der Waals surface area contributed by atoms with E-state index < -0.39 is 5.97 Å². The highest BCUT2D eigenvalue weighted by molar-refractivity contribution is 7.11. The second-order valence-corrected chi connectivity index (χ2v) is 4.89. The van der Waals surface area contributed by atoms with Crippen LogP contribution in [0.5, 0.6) is 0 Å². The molecule has 1 saturated heterocycles. The molecule has 1 aromatic heterocycles. The lowest BCUT2D eigenvalue weighted by Crippen LogP contribution is -2.00. The summed E-state index contributed by atoms with van der Waals surface area (Å²) in [5.74, 6) is -0.814. The topological polar surface area (TPSA) is 59.4 Å². The van der Waals surface area contributed by atoms with Crippen LogP contribution in [0.3, 0.4) is 0 Å². The molecule has 0 spiro atoms. The van der Waals surface area contributed by atoms with Crippen molar-refractivity contribution in [1.82, 2.24) is 4.98 Å². The van der Waals surface area contributed by atoms with Crippen molar-refractivity contribution in [2.45, 2.75) is 38.4 Å². The van der Waals surface area contributed by atoms with Gasteiger partial charge < -0.3 is 9.84 Å². The van der Waals surface area contributed by atoms with E-state index in [0.29, 0.717) is 6.10 Å². The smallest absolute Gasteiger partial charge is 0.308 e. The van der Waals surface area contributed by atoms with Gasteiger partial charge in [0.25, 0.3) is 0 Å². The third kappa shape index (κ3) is 2.54. The fourth-order valence-corrected chi connectivity index (χ4v) is 2.67. The second-order valence-electron chi connectivity index (χ2n) is 3.75. The summed E-state index contributed by atoms with van der Waals surface area (Å²) in [5, 5.41) is 9.54. The van der Waals surface area contributed by atoms with Gasteiger partial charge >= 0.3 is 5.97 Å². The van der Waals surface area contributed by atoms with Crippen molar-refractivity contribution < 1.29 is 14.6 Å². The van der Waals surface area contributed by atoms with E-state index in [4.69, 9.17) is 9.84 Å². The fraction of sp³-hybridized carbons (Fsp3) is 0.600. The normalized spacial score (nSPS) is 25.7. The molecule has 0 radical (unpaired) electrons. The Balaban J connectivity index is 2.03. The molecule has 5 heteroatoms. The van der Waals surface area contributed by atoms with Crippen molar-refractivity contribution >= 4 is 17.3 Å². The molecule has 82 valence electrons. The molecule has 2 rings (SSSR count). The predicted molar refractivity (Wildman–Crippen MR) is 56.0 cm³/mol. The largest absolute Gasteiger partial charge is 0.481 e. The number of aromatic nitrogens is 1. The number of carboxylic acids is 1. The lowest BCUT2D eigenvalue weighted by molar-refractivity contribution is -0.136. The lowest BCUT2D eigenvalue weighted by Gasteiger charge is -2.06. The first kappa shape index (κ1) is 10.6. The van der Waals surface area contributed by atoms with Gasteiger partial charge in [-0.15, -0.1) is 11.3 Å². The van der Waals surface area contributed by atoms with Crippen molar-refractivity contribution in [1.29, 1.82) is 0 Å². The zero-order valence-electron chi connectivity index (χ0n) is 8.47. The standard InChI is InChI=1S/C10H13NO3S/c1-6-2-3-8(14-6)10-11-5-7(15-10)4-9(12)13/h5-6,8H,2-4H2,1H3,(H,12,13). The van der Waals surface area contributed by atoms with Crippen LogP contribution in [0, 0.1) is 0 Å². The van der Waals surface area contributed by atoms with Gasteiger partial charge in [-0.3, -0.25) is 4.79 Å². The van der Waals surface area contributed by atoms with Crippen LogP contribution >= 0.6 is 11.3 Å². The Bertz CT molecular complexity index is 363. The molecule has 1 fully saturated rings. The number of carbonyl (C=O) groups is 1. The van der Waals surface area contributed by atoms with Gasteiger partial charge in [0, 0.05) is 11.1 Å². The molecular weight excluding hydrogens is 214 g/mol. The minimum atomic E-state index is -0.814. The molecule has 0 aliphatic carbocycles. The predicted octanol–water partition coefficient (Wildman–Crippen LogP) is 2.01. The van der Waals surface area contributed by atoms with E-state index in [1.165, 1.54) is 11.3 Å². The van der Waals surface area contributed by atoms with E-state index in [0.717, 1.165) is 22.7 Å². The number of rotatable bonds is 3. The van der Waals surface area contributed by atoms with Crippen LogP contribution < -0.4 is 0 Å². The second kappa shape index (κ2) is 4.28. The van der Waals surface area contributed by atoms with Gasteiger partial charge in [-0.1, -0.05) is 0 Å². The van der Waals surface area contributed by atoms with E-state index in [-0.39, 0.29) is 12.5 Å². The summed E-state index contributed by atoms with van der Waals surface area (Å²) in [6.45, 7) is 2.05. The van der Waals surface area contributed by atoms with Crippen molar-refractivity contribution in [3.05, 3.63) is 16.1 Å². The van der Waals surface area contributed by atoms with Crippen LogP contribution in [0.2, 0.25) is 0 Å². The monoisotopic (exact) mass is 227 g/mol. The lowest BCUT2D eigenvalue weighted by atomic mass is 10.2. The van der Waals surface area contributed by atoms with Crippen LogP contribution in [0.4, 0.5) is 0 Å². The van der Waals surface area contributed by atoms with Crippen molar-refractivity contribution in [3.8, 4) is 0 Å². The van der Waals surface area contributed by atoms with Crippen molar-refractivity contribution in [2.24, 2.45) is 0 Å². The molecule has 0 bridgehead atoms. The van der Waals surface area contributed by atoms with Crippen molar-refractivity contribution in [2.75, 3.05) is 0 Å². The molecule has 15 heavy (non-hydrogen) atoms. The molecule has 0 amide bonds. The summed E-state index contributed by atoms with van der Waals surface area (Å²) in [5.41, 5.74) is 0. The maximum Gasteiger partial charge on any atom is 0.308 e. The molecule has 1 aliphatic rings. The van der Waals surface area contributed by atoms with Crippen molar-refractivity contribution in [3.63, 3.8) is 0 Å². The maximum atomic E-state index is 10.5. The summed E-state index contributed by atoms with van der Waals surface area (Å²) >= 11 is 1.44. The molecule has 2 heterocycles. The quantitative estimate of drug-likeness (QED) is 0.858. The van der Waals surface area contributed by atoms with Gasteiger partial charge in [-0.05, 0) is 19.8 Å². The number of nitrogens with zero attached hydrogens (tertiary/aromatic N) is 1. The molecule has 1 aliphatic heterocycles. The minimum absolute atomic E-state index is 0.0555. The number of hydrogen-bond acceptors (Lipinski definition) is 4. The minimum Gasteiger partial charge on any atom is -0.481 e. The summed E-state index contributed by atoms with van der Waals surface area (Å²) in [6.07, 6.45) is 4.11. The molecule has 1 aromatic rings. The summed E-state index contributed by atoms with van der Waals surface area (Å²) in [7, 11) is 0. The average Bonchev–Trinajstić information content (AvgIpc) is 2.72. The highest BCUT2D eigenvalue weighted by Crippen LogP contribution is 2.34. The number of thiazole rings is 1. The van der Waals surface area contributed by atoms with Crippen LogP contribution in [-0.2, 0) is 16.0 Å². The van der Waals surface area contributed by atoms with E-state index in [1.54, 1.807) is 6.20 Å². The number of ether oxygens (including phenoxy) is 1. The maximum absolute atomic E-state index is 10.5. The zero-order chi connectivity index (χ0) is 10.8. The molecule has 0 saturated carbocycles. The van der Waals surface area contributed by atoms with Gasteiger partial charge in [0.2, 0.25) is 0 Å². The van der Waals surface area contributed by atoms with Gasteiger partial charge in [0.1, 0.15) is 11.1 Å². The molecule has 1 N–H and O–H groups in total. The average molecular weight is 227 g/mol. The van der Waals surface area contributed by atoms with E-state index in [9.17, 15) is 4.79 Å². The molecule has 2 atom stereocenters. The van der Waals surface area contributed by atoms with Gasteiger partial charge in [-0.2, -0.15) is 0 Å². The fourth-order valence-electron chi connectivity index (χ4n) is 1.69. The summed E-state index contributed by atoms with van der Waals surface area (Å²) < 4.78 is 5.67. The summed E-state index contributed by atoms with van der Waals surface area (Å²) in [4.78, 5) is 15.5. The molecular formula is C10H13NO3S. The van der Waals surface area contributed by atoms with E-state index in [2.05, 4.69) is 4.98 Å². The Hall–Kier alpha value is -0.940. The van der Waals surface area contributed by atoms with Crippen LogP contribution in [0.25, 0.3) is 0 Å². The van der Waals surface area contributed by atoms with Gasteiger partial charge in [-0.25, -0.2) is 4.98 Å². The highest BCUT2D eigenvalue weighted by atomic mass is 32.1. The third-order valence-electron chi connectivity index (χ3n) is 2.40. The third-order valence-corrected chi connectivity index (χ3v) is 3.49. The van der Waals surface area contributed by atoms with Crippen LogP contribution in [0.1, 0.15) is 35.8 Å². The Morgan fingerprint density at radius 3 is 3.13 bits per heavy atom. The van der Waals surface area contributed by atoms with E-state index >= 15 is 0 Å². The summed E-state index contributed by atoms with van der Waals surface area (Å²) in [6, 6.07) is 0. The Kier molecular flexibility index (Phi) is 3.02. The van der Waals surface area contributed by atoms with Gasteiger partial charge in [0.15, 0.2) is 0 Å².